The van der Waals surface area contributed by atoms with Crippen LogP contribution in [0.25, 0.3) is 0 Å². The molecular weight excluding hydrogens is 380 g/mol. The molecule has 7 heteroatoms. The molecule has 0 radical (unpaired) electrons. The van der Waals surface area contributed by atoms with Gasteiger partial charge in [0.05, 0.1) is 18.5 Å². The number of nitrogens with one attached hydrogen (secondary N) is 1. The number of ether oxygens (including phenoxy) is 1. The Morgan fingerprint density at radius 1 is 1.41 bits per heavy atom. The molecule has 2 atom stereocenters. The second-order valence-corrected chi connectivity index (χ2v) is 11.7. The molecule has 2 aliphatic heterocycles. The van der Waals surface area contributed by atoms with Crippen molar-refractivity contribution < 1.29 is 13.2 Å². The molecule has 1 aliphatic carbocycles. The lowest BCUT2D eigenvalue weighted by molar-refractivity contribution is -0.114. The van der Waals surface area contributed by atoms with Crippen LogP contribution in [0.3, 0.4) is 0 Å². The van der Waals surface area contributed by atoms with E-state index >= 15 is 0 Å². The van der Waals surface area contributed by atoms with Crippen LogP contribution < -0.4 is 4.72 Å². The summed E-state index contributed by atoms with van der Waals surface area (Å²) in [5, 5.41) is 0. The van der Waals surface area contributed by atoms with E-state index in [9.17, 15) is 8.42 Å². The van der Waals surface area contributed by atoms with E-state index < -0.39 is 10.0 Å². The Morgan fingerprint density at radius 2 is 2.19 bits per heavy atom. The van der Waals surface area contributed by atoms with Gasteiger partial charge in [0.25, 0.3) is 0 Å². The van der Waals surface area contributed by atoms with Crippen molar-refractivity contribution >= 4 is 21.4 Å². The summed E-state index contributed by atoms with van der Waals surface area (Å²) in [4.78, 5) is 5.63. The van der Waals surface area contributed by atoms with Crippen LogP contribution in [-0.4, -0.2) is 51.4 Å². The molecule has 3 heterocycles. The first-order chi connectivity index (χ1) is 12.8. The molecule has 0 amide bonds. The first kappa shape index (κ1) is 19.8. The Kier molecular flexibility index (Phi) is 5.44. The molecule has 1 saturated heterocycles. The summed E-state index contributed by atoms with van der Waals surface area (Å²) in [5.74, 6) is 0.608. The number of piperidine rings is 1. The number of aryl methyl sites for hydroxylation is 1. The highest BCUT2D eigenvalue weighted by Gasteiger charge is 2.45. The van der Waals surface area contributed by atoms with E-state index in [4.69, 9.17) is 4.74 Å². The molecule has 0 bridgehead atoms. The molecule has 1 N–H and O–H groups in total. The zero-order chi connectivity index (χ0) is 19.2. The molecule has 27 heavy (non-hydrogen) atoms. The average Bonchev–Trinajstić information content (AvgIpc) is 2.99. The van der Waals surface area contributed by atoms with Crippen molar-refractivity contribution in [1.82, 2.24) is 9.62 Å². The maximum Gasteiger partial charge on any atom is 0.208 e. The maximum atomic E-state index is 11.3. The molecule has 1 aromatic heterocycles. The van der Waals surface area contributed by atoms with Gasteiger partial charge in [-0.05, 0) is 56.6 Å². The molecule has 1 aromatic rings. The van der Waals surface area contributed by atoms with Gasteiger partial charge in [0.15, 0.2) is 0 Å². The molecule has 2 fully saturated rings. The van der Waals surface area contributed by atoms with E-state index in [0.29, 0.717) is 12.0 Å². The smallest absolute Gasteiger partial charge is 0.208 e. The SMILES string of the molecule is CCc1cc2c(s1)CCO[C@@]21CCN(C[C@H]2C[C@@H](NS(C)(=O)=O)C2)[C@@H](C)C1. The van der Waals surface area contributed by atoms with Crippen molar-refractivity contribution in [2.75, 3.05) is 26.0 Å². The highest BCUT2D eigenvalue weighted by molar-refractivity contribution is 7.88. The highest BCUT2D eigenvalue weighted by atomic mass is 32.2. The number of fused-ring (bicyclic) bond motifs is 2. The Morgan fingerprint density at radius 3 is 2.85 bits per heavy atom. The molecule has 4 rings (SSSR count). The molecule has 152 valence electrons. The maximum absolute atomic E-state index is 11.3. The van der Waals surface area contributed by atoms with Crippen LogP contribution in [0.2, 0.25) is 0 Å². The lowest BCUT2D eigenvalue weighted by Gasteiger charge is -2.49. The van der Waals surface area contributed by atoms with Gasteiger partial charge in [-0.1, -0.05) is 6.92 Å². The van der Waals surface area contributed by atoms with Crippen molar-refractivity contribution in [2.45, 2.75) is 70.1 Å². The van der Waals surface area contributed by atoms with Crippen LogP contribution in [0.4, 0.5) is 0 Å². The van der Waals surface area contributed by atoms with E-state index in [1.165, 1.54) is 16.7 Å². The van der Waals surface area contributed by atoms with Crippen LogP contribution >= 0.6 is 11.3 Å². The van der Waals surface area contributed by atoms with Crippen LogP contribution in [0.5, 0.6) is 0 Å². The first-order valence-electron chi connectivity index (χ1n) is 10.3. The second kappa shape index (κ2) is 7.41. The van der Waals surface area contributed by atoms with Crippen molar-refractivity contribution in [3.8, 4) is 0 Å². The van der Waals surface area contributed by atoms with E-state index in [1.54, 1.807) is 4.88 Å². The largest absolute Gasteiger partial charge is 0.370 e. The summed E-state index contributed by atoms with van der Waals surface area (Å²) >= 11 is 1.98. The molecule has 5 nitrogen and oxygen atoms in total. The Hall–Kier alpha value is -0.470. The summed E-state index contributed by atoms with van der Waals surface area (Å²) in [7, 11) is -3.08. The lowest BCUT2D eigenvalue weighted by atomic mass is 9.77. The number of rotatable bonds is 5. The third kappa shape index (κ3) is 4.13. The molecule has 0 aromatic carbocycles. The Bertz CT molecular complexity index is 785. The zero-order valence-electron chi connectivity index (χ0n) is 16.7. The van der Waals surface area contributed by atoms with Gasteiger partial charge in [0.2, 0.25) is 10.0 Å². The minimum Gasteiger partial charge on any atom is -0.370 e. The van der Waals surface area contributed by atoms with Gasteiger partial charge in [-0.15, -0.1) is 11.3 Å². The lowest BCUT2D eigenvalue weighted by Crippen LogP contribution is -2.54. The second-order valence-electron chi connectivity index (χ2n) is 8.72. The van der Waals surface area contributed by atoms with Crippen molar-refractivity contribution in [2.24, 2.45) is 5.92 Å². The minimum atomic E-state index is -3.08. The van der Waals surface area contributed by atoms with Gasteiger partial charge in [0.1, 0.15) is 0 Å². The quantitative estimate of drug-likeness (QED) is 0.808. The third-order valence-corrected chi connectivity index (χ3v) is 8.67. The van der Waals surface area contributed by atoms with Crippen molar-refractivity contribution in [3.05, 3.63) is 21.4 Å². The monoisotopic (exact) mass is 412 g/mol. The molecular formula is C20H32N2O3S2. The van der Waals surface area contributed by atoms with Gasteiger partial charge < -0.3 is 9.64 Å². The Labute approximate surface area is 167 Å². The van der Waals surface area contributed by atoms with Gasteiger partial charge in [-0.2, -0.15) is 0 Å². The van der Waals surface area contributed by atoms with Crippen LogP contribution in [-0.2, 0) is 33.2 Å². The molecule has 3 aliphatic rings. The third-order valence-electron chi connectivity index (χ3n) is 6.57. The normalized spacial score (nSPS) is 34.4. The Balaban J connectivity index is 1.36. The zero-order valence-corrected chi connectivity index (χ0v) is 18.3. The summed E-state index contributed by atoms with van der Waals surface area (Å²) in [6, 6.07) is 3.05. The van der Waals surface area contributed by atoms with Gasteiger partial charge >= 0.3 is 0 Å². The first-order valence-corrected chi connectivity index (χ1v) is 13.0. The molecule has 1 spiro atoms. The number of sulfonamides is 1. The fraction of sp³-hybridized carbons (Fsp3) is 0.800. The molecule has 0 unspecified atom stereocenters. The summed E-state index contributed by atoms with van der Waals surface area (Å²) in [5.41, 5.74) is 1.40. The summed E-state index contributed by atoms with van der Waals surface area (Å²) < 4.78 is 31.9. The number of hydrogen-bond acceptors (Lipinski definition) is 5. The predicted octanol–water partition coefficient (Wildman–Crippen LogP) is 2.89. The van der Waals surface area contributed by atoms with E-state index in [0.717, 1.165) is 58.2 Å². The van der Waals surface area contributed by atoms with Gasteiger partial charge in [-0.3, -0.25) is 0 Å². The predicted molar refractivity (Wildman–Crippen MR) is 110 cm³/mol. The fourth-order valence-corrected chi connectivity index (χ4v) is 7.14. The topological polar surface area (TPSA) is 58.6 Å². The summed E-state index contributed by atoms with van der Waals surface area (Å²) in [6.07, 6.45) is 7.49. The van der Waals surface area contributed by atoms with Crippen LogP contribution in [0.1, 0.15) is 54.8 Å². The standard InChI is InChI=1S/C20H32N2O3S2/c1-4-17-11-18-19(26-17)5-8-25-20(18)6-7-22(14(2)12-20)13-15-9-16(10-15)21-27(3,23)24/h11,14-16,21H,4-10,12-13H2,1-3H3/t14-,15-,16+,20+/m0/s1. The highest BCUT2D eigenvalue weighted by Crippen LogP contribution is 2.46. The van der Waals surface area contributed by atoms with Crippen LogP contribution in [0, 0.1) is 5.92 Å². The average molecular weight is 413 g/mol. The number of hydrogen-bond donors (Lipinski definition) is 1. The van der Waals surface area contributed by atoms with E-state index in [-0.39, 0.29) is 11.6 Å². The van der Waals surface area contributed by atoms with Crippen molar-refractivity contribution in [3.63, 3.8) is 0 Å². The number of likely N-dealkylation sites (tertiary alicyclic amines) is 1. The van der Waals surface area contributed by atoms with Crippen LogP contribution in [0.15, 0.2) is 6.07 Å². The summed E-state index contributed by atoms with van der Waals surface area (Å²) in [6.45, 7) is 7.57. The van der Waals surface area contributed by atoms with Gasteiger partial charge in [0, 0.05) is 41.3 Å². The number of nitrogens with zero attached hydrogens (tertiary/aromatic N) is 1. The molecule has 1 saturated carbocycles. The minimum absolute atomic E-state index is 0.0760. The number of thiophene rings is 1. The van der Waals surface area contributed by atoms with E-state index in [2.05, 4.69) is 29.5 Å². The van der Waals surface area contributed by atoms with E-state index in [1.807, 2.05) is 11.3 Å². The van der Waals surface area contributed by atoms with Crippen molar-refractivity contribution in [1.29, 1.82) is 0 Å². The van der Waals surface area contributed by atoms with Gasteiger partial charge in [-0.25, -0.2) is 13.1 Å². The fourth-order valence-electron chi connectivity index (χ4n) is 5.16.